The lowest BCUT2D eigenvalue weighted by Crippen LogP contribution is -2.33. The van der Waals surface area contributed by atoms with Gasteiger partial charge in [0.15, 0.2) is 0 Å². The molecule has 1 aliphatic rings. The Bertz CT molecular complexity index is 352. The van der Waals surface area contributed by atoms with Crippen LogP contribution in [-0.2, 0) is 0 Å². The zero-order valence-corrected chi connectivity index (χ0v) is 10.1. The van der Waals surface area contributed by atoms with E-state index in [1.165, 1.54) is 5.69 Å². The summed E-state index contributed by atoms with van der Waals surface area (Å²) >= 11 is 0. The summed E-state index contributed by atoms with van der Waals surface area (Å²) in [7, 11) is 0. The van der Waals surface area contributed by atoms with Gasteiger partial charge in [-0.15, -0.1) is 0 Å². The maximum Gasteiger partial charge on any atom is 0.144 e. The summed E-state index contributed by atoms with van der Waals surface area (Å²) in [5, 5.41) is 3.44. The predicted molar refractivity (Wildman–Crippen MR) is 68.6 cm³/mol. The van der Waals surface area contributed by atoms with Gasteiger partial charge in [-0.1, -0.05) is 13.0 Å². The molecule has 0 atom stereocenters. The highest BCUT2D eigenvalue weighted by molar-refractivity contribution is 5.78. The molecule has 3 nitrogen and oxygen atoms in total. The second kappa shape index (κ2) is 5.10. The van der Waals surface area contributed by atoms with Crippen LogP contribution in [0.3, 0.4) is 0 Å². The van der Waals surface area contributed by atoms with Crippen LogP contribution in [0.15, 0.2) is 18.2 Å². The van der Waals surface area contributed by atoms with Crippen LogP contribution in [0.5, 0.6) is 5.75 Å². The summed E-state index contributed by atoms with van der Waals surface area (Å²) in [6, 6.07) is 6.27. The fourth-order valence-corrected chi connectivity index (χ4v) is 2.06. The van der Waals surface area contributed by atoms with E-state index in [1.54, 1.807) is 0 Å². The summed E-state index contributed by atoms with van der Waals surface area (Å²) in [4.78, 5) is 2.38. The average Bonchev–Trinajstić information content (AvgIpc) is 2.35. The van der Waals surface area contributed by atoms with E-state index in [9.17, 15) is 0 Å². The van der Waals surface area contributed by atoms with Crippen molar-refractivity contribution in [2.45, 2.75) is 20.3 Å². The van der Waals surface area contributed by atoms with Crippen LogP contribution >= 0.6 is 0 Å². The van der Waals surface area contributed by atoms with Crippen molar-refractivity contribution in [3.63, 3.8) is 0 Å². The molecule has 1 heterocycles. The van der Waals surface area contributed by atoms with Crippen molar-refractivity contribution in [2.24, 2.45) is 0 Å². The molecule has 0 aliphatic carbocycles. The van der Waals surface area contributed by atoms with Crippen LogP contribution in [0.25, 0.3) is 0 Å². The first-order valence-electron chi connectivity index (χ1n) is 6.11. The van der Waals surface area contributed by atoms with Crippen molar-refractivity contribution in [1.82, 2.24) is 0 Å². The summed E-state index contributed by atoms with van der Waals surface area (Å²) in [5.41, 5.74) is 2.42. The van der Waals surface area contributed by atoms with Gasteiger partial charge in [0.2, 0.25) is 0 Å². The van der Waals surface area contributed by atoms with Crippen molar-refractivity contribution in [3.05, 3.63) is 18.2 Å². The first-order valence-corrected chi connectivity index (χ1v) is 6.11. The summed E-state index contributed by atoms with van der Waals surface area (Å²) in [5.74, 6) is 0.984. The molecule has 1 aliphatic heterocycles. The number of likely N-dealkylation sites (N-methyl/N-ethyl adjacent to an activating group) is 1. The third-order valence-corrected chi connectivity index (χ3v) is 2.87. The maximum atomic E-state index is 5.76. The summed E-state index contributed by atoms with van der Waals surface area (Å²) in [6.45, 7) is 8.21. The number of rotatable bonds is 4. The monoisotopic (exact) mass is 220 g/mol. The molecule has 0 saturated carbocycles. The minimum atomic E-state index is 0.782. The molecule has 0 spiro atoms. The molecule has 0 unspecified atom stereocenters. The SMILES string of the molecule is CCCOc1cccc2c1NCCN2CC. The highest BCUT2D eigenvalue weighted by Crippen LogP contribution is 2.37. The van der Waals surface area contributed by atoms with Crippen molar-refractivity contribution in [1.29, 1.82) is 0 Å². The predicted octanol–water partition coefficient (Wildman–Crippen LogP) is 2.73. The van der Waals surface area contributed by atoms with Crippen LogP contribution in [-0.4, -0.2) is 26.2 Å². The third-order valence-electron chi connectivity index (χ3n) is 2.87. The van der Waals surface area contributed by atoms with Crippen molar-refractivity contribution in [2.75, 3.05) is 36.5 Å². The smallest absolute Gasteiger partial charge is 0.144 e. The zero-order chi connectivity index (χ0) is 11.4. The number of nitrogens with zero attached hydrogens (tertiary/aromatic N) is 1. The molecular weight excluding hydrogens is 200 g/mol. The van der Waals surface area contributed by atoms with Gasteiger partial charge in [-0.05, 0) is 25.5 Å². The van der Waals surface area contributed by atoms with Crippen LogP contribution in [0, 0.1) is 0 Å². The Kier molecular flexibility index (Phi) is 3.54. The molecule has 3 heteroatoms. The van der Waals surface area contributed by atoms with Crippen LogP contribution in [0.2, 0.25) is 0 Å². The highest BCUT2D eigenvalue weighted by Gasteiger charge is 2.18. The molecular formula is C13H20N2O. The number of fused-ring (bicyclic) bond motifs is 1. The molecule has 1 aromatic rings. The van der Waals surface area contributed by atoms with E-state index in [4.69, 9.17) is 4.74 Å². The second-order valence-corrected chi connectivity index (χ2v) is 4.01. The maximum absolute atomic E-state index is 5.76. The normalized spacial score (nSPS) is 14.2. The number of para-hydroxylation sites is 1. The molecule has 1 N–H and O–H groups in total. The summed E-state index contributed by atoms with van der Waals surface area (Å²) < 4.78 is 5.76. The largest absolute Gasteiger partial charge is 0.491 e. The molecule has 0 bridgehead atoms. The Morgan fingerprint density at radius 2 is 2.25 bits per heavy atom. The van der Waals surface area contributed by atoms with E-state index in [2.05, 4.69) is 36.2 Å². The topological polar surface area (TPSA) is 24.5 Å². The third kappa shape index (κ3) is 2.08. The molecule has 1 aromatic carbocycles. The van der Waals surface area contributed by atoms with Gasteiger partial charge in [-0.3, -0.25) is 0 Å². The van der Waals surface area contributed by atoms with Crippen LogP contribution < -0.4 is 15.0 Å². The molecule has 2 rings (SSSR count). The number of benzene rings is 1. The number of hydrogen-bond acceptors (Lipinski definition) is 3. The Hall–Kier alpha value is -1.38. The molecule has 16 heavy (non-hydrogen) atoms. The Balaban J connectivity index is 2.27. The van der Waals surface area contributed by atoms with Crippen molar-refractivity contribution < 1.29 is 4.74 Å². The van der Waals surface area contributed by atoms with Gasteiger partial charge in [-0.2, -0.15) is 0 Å². The Morgan fingerprint density at radius 1 is 1.38 bits per heavy atom. The Morgan fingerprint density at radius 3 is 3.00 bits per heavy atom. The lowest BCUT2D eigenvalue weighted by atomic mass is 10.2. The fourth-order valence-electron chi connectivity index (χ4n) is 2.06. The van der Waals surface area contributed by atoms with Gasteiger partial charge in [0, 0.05) is 19.6 Å². The number of anilines is 2. The number of hydrogen-bond donors (Lipinski definition) is 1. The average molecular weight is 220 g/mol. The van der Waals surface area contributed by atoms with E-state index in [0.717, 1.165) is 44.1 Å². The summed E-state index contributed by atoms with van der Waals surface area (Å²) in [6.07, 6.45) is 1.04. The number of ether oxygens (including phenoxy) is 1. The minimum Gasteiger partial charge on any atom is -0.491 e. The second-order valence-electron chi connectivity index (χ2n) is 4.01. The minimum absolute atomic E-state index is 0.782. The van der Waals surface area contributed by atoms with Crippen LogP contribution in [0.1, 0.15) is 20.3 Å². The van der Waals surface area contributed by atoms with E-state index in [1.807, 2.05) is 6.07 Å². The lowest BCUT2D eigenvalue weighted by Gasteiger charge is -2.32. The molecule has 0 aromatic heterocycles. The number of nitrogens with one attached hydrogen (secondary N) is 1. The van der Waals surface area contributed by atoms with Gasteiger partial charge in [0.25, 0.3) is 0 Å². The standard InChI is InChI=1S/C13H20N2O/c1-3-10-16-12-7-5-6-11-13(12)14-8-9-15(11)4-2/h5-7,14H,3-4,8-10H2,1-2H3. The van der Waals surface area contributed by atoms with Crippen LogP contribution in [0.4, 0.5) is 11.4 Å². The fraction of sp³-hybridized carbons (Fsp3) is 0.538. The zero-order valence-electron chi connectivity index (χ0n) is 10.1. The van der Waals surface area contributed by atoms with E-state index >= 15 is 0 Å². The van der Waals surface area contributed by atoms with Gasteiger partial charge in [0.1, 0.15) is 11.4 Å². The van der Waals surface area contributed by atoms with Gasteiger partial charge in [0.05, 0.1) is 12.3 Å². The molecule has 0 radical (unpaired) electrons. The molecule has 88 valence electrons. The highest BCUT2D eigenvalue weighted by atomic mass is 16.5. The molecule has 0 saturated heterocycles. The first-order chi connectivity index (χ1) is 7.86. The van der Waals surface area contributed by atoms with Crippen molar-refractivity contribution >= 4 is 11.4 Å². The van der Waals surface area contributed by atoms with E-state index in [-0.39, 0.29) is 0 Å². The quantitative estimate of drug-likeness (QED) is 0.844. The van der Waals surface area contributed by atoms with Crippen molar-refractivity contribution in [3.8, 4) is 5.75 Å². The first kappa shape index (κ1) is 11.1. The lowest BCUT2D eigenvalue weighted by molar-refractivity contribution is 0.318. The van der Waals surface area contributed by atoms with E-state index in [0.29, 0.717) is 0 Å². The van der Waals surface area contributed by atoms with E-state index < -0.39 is 0 Å². The van der Waals surface area contributed by atoms with Gasteiger partial charge in [-0.25, -0.2) is 0 Å². The Labute approximate surface area is 97.4 Å². The van der Waals surface area contributed by atoms with Gasteiger partial charge < -0.3 is 15.0 Å². The molecule has 0 amide bonds. The molecule has 0 fully saturated rings. The van der Waals surface area contributed by atoms with Gasteiger partial charge >= 0.3 is 0 Å².